The lowest BCUT2D eigenvalue weighted by atomic mass is 9.57. The molecule has 5 heteroatoms. The van der Waals surface area contributed by atoms with E-state index in [1.807, 2.05) is 48.7 Å². The summed E-state index contributed by atoms with van der Waals surface area (Å²) in [6.07, 6.45) is 4.58. The van der Waals surface area contributed by atoms with Gasteiger partial charge < -0.3 is 14.2 Å². The van der Waals surface area contributed by atoms with E-state index in [9.17, 15) is 4.79 Å². The largest absolute Gasteiger partial charge is 0.497 e. The van der Waals surface area contributed by atoms with Crippen molar-refractivity contribution in [3.8, 4) is 17.2 Å². The van der Waals surface area contributed by atoms with Crippen molar-refractivity contribution >= 4 is 23.1 Å². The van der Waals surface area contributed by atoms with Crippen molar-refractivity contribution in [3.05, 3.63) is 160 Å². The fourth-order valence-corrected chi connectivity index (χ4v) is 7.36. The Kier molecular flexibility index (Phi) is 8.55. The maximum absolute atomic E-state index is 14.5. The van der Waals surface area contributed by atoms with Gasteiger partial charge in [0.2, 0.25) is 0 Å². The van der Waals surface area contributed by atoms with E-state index in [0.717, 1.165) is 56.0 Å². The summed E-state index contributed by atoms with van der Waals surface area (Å²) in [5, 5.41) is 0. The third-order valence-corrected chi connectivity index (χ3v) is 9.61. The number of methoxy groups -OCH3 is 3. The Morgan fingerprint density at radius 2 is 1.36 bits per heavy atom. The molecule has 0 saturated carbocycles. The van der Waals surface area contributed by atoms with Crippen LogP contribution >= 0.6 is 11.8 Å². The standard InChI is InChI=1S/C40H36O4S/c1-26-12-6-9-15-32(26)40(33-16-10-7-13-28(33)22-29-23-37(43-3)38(44-4)25-35(29)40)34(27-18-20-30(42-2)21-19-27)24-36(41)31-14-8-11-17-39(31)45-5/h6-21,23-25H,22H2,1-5H3/b34-24+. The van der Waals surface area contributed by atoms with Gasteiger partial charge in [-0.15, -0.1) is 11.8 Å². The molecule has 0 aliphatic heterocycles. The van der Waals surface area contributed by atoms with Gasteiger partial charge in [0, 0.05) is 10.5 Å². The van der Waals surface area contributed by atoms with E-state index < -0.39 is 5.41 Å². The lowest BCUT2D eigenvalue weighted by Gasteiger charge is -2.45. The van der Waals surface area contributed by atoms with E-state index in [0.29, 0.717) is 17.1 Å². The molecule has 0 saturated heterocycles. The molecule has 0 N–H and O–H groups in total. The third-order valence-electron chi connectivity index (χ3n) is 8.82. The minimum absolute atomic E-state index is 0.0520. The SMILES string of the molecule is COc1ccc(/C(=C\C(=O)c2ccccc2SC)C2(c3ccccc3C)c3ccccc3Cc3cc(OC)c(OC)cc32)cc1. The predicted molar refractivity (Wildman–Crippen MR) is 183 cm³/mol. The summed E-state index contributed by atoms with van der Waals surface area (Å²) in [7, 11) is 5.00. The Balaban J connectivity index is 1.80. The number of hydrogen-bond donors (Lipinski definition) is 0. The highest BCUT2D eigenvalue weighted by atomic mass is 32.2. The van der Waals surface area contributed by atoms with Crippen molar-refractivity contribution in [2.45, 2.75) is 23.7 Å². The van der Waals surface area contributed by atoms with Crippen molar-refractivity contribution in [2.75, 3.05) is 27.6 Å². The summed E-state index contributed by atoms with van der Waals surface area (Å²) < 4.78 is 17.3. The minimum Gasteiger partial charge on any atom is -0.497 e. The Labute approximate surface area is 269 Å². The van der Waals surface area contributed by atoms with Crippen LogP contribution in [-0.2, 0) is 11.8 Å². The first kappa shape index (κ1) is 30.3. The first-order valence-corrected chi connectivity index (χ1v) is 16.1. The topological polar surface area (TPSA) is 44.8 Å². The maximum Gasteiger partial charge on any atom is 0.187 e. The van der Waals surface area contributed by atoms with Crippen LogP contribution in [0.2, 0.25) is 0 Å². The zero-order valence-corrected chi connectivity index (χ0v) is 27.0. The van der Waals surface area contributed by atoms with Gasteiger partial charge in [-0.2, -0.15) is 0 Å². The number of thioether (sulfide) groups is 1. The zero-order valence-electron chi connectivity index (χ0n) is 26.2. The normalized spacial score (nSPS) is 15.5. The first-order chi connectivity index (χ1) is 22.0. The number of ketones is 1. The van der Waals surface area contributed by atoms with Crippen molar-refractivity contribution < 1.29 is 19.0 Å². The molecule has 0 spiro atoms. The van der Waals surface area contributed by atoms with Crippen LogP contribution in [0.4, 0.5) is 0 Å². The molecule has 0 radical (unpaired) electrons. The van der Waals surface area contributed by atoms with Gasteiger partial charge in [0.15, 0.2) is 17.3 Å². The lowest BCUT2D eigenvalue weighted by Crippen LogP contribution is -2.37. The molecule has 1 atom stereocenters. The fourth-order valence-electron chi connectivity index (χ4n) is 6.76. The average Bonchev–Trinajstić information content (AvgIpc) is 3.09. The van der Waals surface area contributed by atoms with Gasteiger partial charge in [-0.05, 0) is 107 Å². The molecule has 0 amide bonds. The zero-order chi connectivity index (χ0) is 31.6. The van der Waals surface area contributed by atoms with E-state index >= 15 is 0 Å². The van der Waals surface area contributed by atoms with E-state index in [1.54, 1.807) is 33.1 Å². The van der Waals surface area contributed by atoms with Crippen LogP contribution < -0.4 is 14.2 Å². The van der Waals surface area contributed by atoms with Crippen molar-refractivity contribution in [2.24, 2.45) is 0 Å². The van der Waals surface area contributed by atoms with Gasteiger partial charge >= 0.3 is 0 Å². The van der Waals surface area contributed by atoms with Gasteiger partial charge in [-0.3, -0.25) is 4.79 Å². The van der Waals surface area contributed by atoms with Gasteiger partial charge in [0.05, 0.1) is 26.7 Å². The summed E-state index contributed by atoms with van der Waals surface area (Å²) in [6, 6.07) is 37.1. The Hall–Kier alpha value is -4.74. The van der Waals surface area contributed by atoms with Gasteiger partial charge in [-0.1, -0.05) is 72.8 Å². The molecule has 1 unspecified atom stereocenters. The number of carbonyl (C=O) groups excluding carboxylic acids is 1. The highest BCUT2D eigenvalue weighted by Gasteiger charge is 2.47. The molecule has 1 aliphatic carbocycles. The second-order valence-corrected chi connectivity index (χ2v) is 12.0. The van der Waals surface area contributed by atoms with Crippen molar-refractivity contribution in [3.63, 3.8) is 0 Å². The minimum atomic E-state index is -0.867. The molecule has 1 aliphatic rings. The number of fused-ring (bicyclic) bond motifs is 2. The number of aryl methyl sites for hydroxylation is 1. The van der Waals surface area contributed by atoms with E-state index in [2.05, 4.69) is 79.7 Å². The van der Waals surface area contributed by atoms with Crippen LogP contribution in [0.1, 0.15) is 49.3 Å². The summed E-state index contributed by atoms with van der Waals surface area (Å²) in [6.45, 7) is 2.14. The number of allylic oxidation sites excluding steroid dienone is 2. The monoisotopic (exact) mass is 612 g/mol. The number of benzene rings is 5. The van der Waals surface area contributed by atoms with Crippen molar-refractivity contribution in [1.29, 1.82) is 0 Å². The van der Waals surface area contributed by atoms with Crippen molar-refractivity contribution in [1.82, 2.24) is 0 Å². The maximum atomic E-state index is 14.5. The number of ether oxygens (including phenoxy) is 3. The molecule has 4 nitrogen and oxygen atoms in total. The molecule has 6 rings (SSSR count). The van der Waals surface area contributed by atoms with E-state index in [-0.39, 0.29) is 5.78 Å². The van der Waals surface area contributed by atoms with Crippen LogP contribution in [-0.4, -0.2) is 33.4 Å². The van der Waals surface area contributed by atoms with Crippen LogP contribution in [0.15, 0.2) is 120 Å². The number of carbonyl (C=O) groups is 1. The molecule has 226 valence electrons. The van der Waals surface area contributed by atoms with Crippen LogP contribution in [0, 0.1) is 6.92 Å². The van der Waals surface area contributed by atoms with Gasteiger partial charge in [-0.25, -0.2) is 0 Å². The smallest absolute Gasteiger partial charge is 0.187 e. The second-order valence-electron chi connectivity index (χ2n) is 11.1. The number of rotatable bonds is 9. The summed E-state index contributed by atoms with van der Waals surface area (Å²) in [4.78, 5) is 15.5. The van der Waals surface area contributed by atoms with E-state index in [1.165, 1.54) is 5.56 Å². The molecule has 0 fully saturated rings. The molecule has 0 bridgehead atoms. The molecule has 5 aromatic rings. The Morgan fingerprint density at radius 1 is 0.711 bits per heavy atom. The first-order valence-electron chi connectivity index (χ1n) is 14.9. The van der Waals surface area contributed by atoms with Crippen LogP contribution in [0.3, 0.4) is 0 Å². The Bertz CT molecular complexity index is 1890. The number of hydrogen-bond acceptors (Lipinski definition) is 5. The lowest BCUT2D eigenvalue weighted by molar-refractivity contribution is 0.104. The molecule has 0 aromatic heterocycles. The highest BCUT2D eigenvalue weighted by molar-refractivity contribution is 7.98. The van der Waals surface area contributed by atoms with Crippen LogP contribution in [0.25, 0.3) is 5.57 Å². The second kappa shape index (κ2) is 12.7. The molecule has 0 heterocycles. The summed E-state index contributed by atoms with van der Waals surface area (Å²) >= 11 is 1.57. The molecular weight excluding hydrogens is 577 g/mol. The fraction of sp³-hybridized carbons (Fsp3) is 0.175. The highest BCUT2D eigenvalue weighted by Crippen LogP contribution is 2.56. The molecule has 45 heavy (non-hydrogen) atoms. The van der Waals surface area contributed by atoms with Crippen LogP contribution in [0.5, 0.6) is 17.2 Å². The molecular formula is C40H36O4S. The third kappa shape index (κ3) is 5.21. The van der Waals surface area contributed by atoms with Gasteiger partial charge in [0.1, 0.15) is 5.75 Å². The predicted octanol–water partition coefficient (Wildman–Crippen LogP) is 8.95. The summed E-state index contributed by atoms with van der Waals surface area (Å²) in [5.74, 6) is 2.01. The molecule has 5 aromatic carbocycles. The van der Waals surface area contributed by atoms with E-state index in [4.69, 9.17) is 14.2 Å². The van der Waals surface area contributed by atoms with Gasteiger partial charge in [0.25, 0.3) is 0 Å². The Morgan fingerprint density at radius 3 is 2.04 bits per heavy atom. The quantitative estimate of drug-likeness (QED) is 0.0945. The average molecular weight is 613 g/mol. The summed E-state index contributed by atoms with van der Waals surface area (Å²) in [5.41, 5.74) is 8.31.